The van der Waals surface area contributed by atoms with Gasteiger partial charge < -0.3 is 11.1 Å². The molecule has 3 N–H and O–H groups in total. The van der Waals surface area contributed by atoms with E-state index in [0.717, 1.165) is 31.2 Å². The Balaban J connectivity index is 2.21. The molecule has 0 aliphatic heterocycles. The van der Waals surface area contributed by atoms with E-state index in [1.54, 1.807) is 6.07 Å². The zero-order valence-electron chi connectivity index (χ0n) is 10.9. The molecular weight excluding hydrogens is 311 g/mol. The van der Waals surface area contributed by atoms with Gasteiger partial charge in [0.05, 0.1) is 9.89 Å². The third-order valence-electron chi connectivity index (χ3n) is 3.95. The number of carbonyl (C=O) groups is 1. The molecule has 0 bridgehead atoms. The number of carbonyl (C=O) groups excluding carboxylic acids is 1. The van der Waals surface area contributed by atoms with E-state index in [0.29, 0.717) is 16.7 Å². The van der Waals surface area contributed by atoms with Crippen molar-refractivity contribution in [3.8, 4) is 0 Å². The quantitative estimate of drug-likeness (QED) is 0.893. The molecular formula is C14H18BrFN2O. The van der Waals surface area contributed by atoms with E-state index in [4.69, 9.17) is 5.73 Å². The summed E-state index contributed by atoms with van der Waals surface area (Å²) >= 11 is 3.13. The van der Waals surface area contributed by atoms with Crippen LogP contribution in [0.1, 0.15) is 31.2 Å². The van der Waals surface area contributed by atoms with E-state index < -0.39 is 5.41 Å². The first-order valence-electron chi connectivity index (χ1n) is 6.46. The highest BCUT2D eigenvalue weighted by Crippen LogP contribution is 2.38. The van der Waals surface area contributed by atoms with Crippen molar-refractivity contribution < 1.29 is 9.18 Å². The second-order valence-corrected chi connectivity index (χ2v) is 6.08. The summed E-state index contributed by atoms with van der Waals surface area (Å²) < 4.78 is 13.9. The van der Waals surface area contributed by atoms with Gasteiger partial charge in [0.1, 0.15) is 5.82 Å². The standard InChI is InChI=1S/C14H18BrFN2O/c1-9-6-10(15)11(16)7-12(9)18-13(19)14(8-17)4-2-3-5-14/h6-7H,2-5,8,17H2,1H3,(H,18,19). The third-order valence-corrected chi connectivity index (χ3v) is 4.56. The Bertz CT molecular complexity index is 498. The van der Waals surface area contributed by atoms with Gasteiger partial charge in [0, 0.05) is 12.2 Å². The number of hydrogen-bond donors (Lipinski definition) is 2. The van der Waals surface area contributed by atoms with Gasteiger partial charge in [-0.15, -0.1) is 0 Å². The minimum absolute atomic E-state index is 0.0858. The maximum Gasteiger partial charge on any atom is 0.231 e. The van der Waals surface area contributed by atoms with Crippen LogP contribution < -0.4 is 11.1 Å². The third kappa shape index (κ3) is 2.82. The topological polar surface area (TPSA) is 55.1 Å². The molecule has 1 amide bonds. The van der Waals surface area contributed by atoms with Gasteiger partial charge in [-0.1, -0.05) is 12.8 Å². The first kappa shape index (κ1) is 14.5. The molecule has 104 valence electrons. The number of halogens is 2. The first-order valence-corrected chi connectivity index (χ1v) is 7.25. The Morgan fingerprint density at radius 2 is 2.11 bits per heavy atom. The molecule has 0 radical (unpaired) electrons. The van der Waals surface area contributed by atoms with Gasteiger partial charge in [-0.2, -0.15) is 0 Å². The zero-order valence-corrected chi connectivity index (χ0v) is 12.5. The van der Waals surface area contributed by atoms with E-state index >= 15 is 0 Å². The van der Waals surface area contributed by atoms with Crippen LogP contribution in [0, 0.1) is 18.2 Å². The molecule has 19 heavy (non-hydrogen) atoms. The summed E-state index contributed by atoms with van der Waals surface area (Å²) in [6.07, 6.45) is 3.68. The molecule has 3 nitrogen and oxygen atoms in total. The molecule has 1 aliphatic carbocycles. The van der Waals surface area contributed by atoms with Crippen LogP contribution in [0.25, 0.3) is 0 Å². The molecule has 1 aromatic carbocycles. The monoisotopic (exact) mass is 328 g/mol. The number of aryl methyl sites for hydroxylation is 1. The number of anilines is 1. The average Bonchev–Trinajstić information content (AvgIpc) is 2.86. The number of nitrogens with two attached hydrogens (primary N) is 1. The fourth-order valence-electron chi connectivity index (χ4n) is 2.61. The van der Waals surface area contributed by atoms with Crippen molar-refractivity contribution in [2.75, 3.05) is 11.9 Å². The summed E-state index contributed by atoms with van der Waals surface area (Å²) in [5.41, 5.74) is 6.64. The lowest BCUT2D eigenvalue weighted by molar-refractivity contribution is -0.124. The Labute approximate surface area is 120 Å². The maximum atomic E-state index is 13.5. The highest BCUT2D eigenvalue weighted by molar-refractivity contribution is 9.10. The van der Waals surface area contributed by atoms with Crippen molar-refractivity contribution >= 4 is 27.5 Å². The molecule has 0 aromatic heterocycles. The minimum atomic E-state index is -0.476. The van der Waals surface area contributed by atoms with E-state index in [-0.39, 0.29) is 11.7 Å². The summed E-state index contributed by atoms with van der Waals surface area (Å²) in [5, 5.41) is 2.83. The normalized spacial score (nSPS) is 17.5. The van der Waals surface area contributed by atoms with Gasteiger partial charge in [-0.3, -0.25) is 4.79 Å². The molecule has 0 saturated heterocycles. The van der Waals surface area contributed by atoms with Crippen LogP contribution in [0.3, 0.4) is 0 Å². The Hall–Kier alpha value is -0.940. The molecule has 1 fully saturated rings. The lowest BCUT2D eigenvalue weighted by Crippen LogP contribution is -2.40. The first-order chi connectivity index (χ1) is 8.98. The number of nitrogens with one attached hydrogen (secondary N) is 1. The van der Waals surface area contributed by atoms with Gasteiger partial charge in [-0.25, -0.2) is 4.39 Å². The van der Waals surface area contributed by atoms with E-state index in [1.165, 1.54) is 6.07 Å². The van der Waals surface area contributed by atoms with Gasteiger partial charge in [0.2, 0.25) is 5.91 Å². The highest BCUT2D eigenvalue weighted by atomic mass is 79.9. The lowest BCUT2D eigenvalue weighted by Gasteiger charge is -2.26. The van der Waals surface area contributed by atoms with E-state index in [1.807, 2.05) is 6.92 Å². The summed E-state index contributed by atoms with van der Waals surface area (Å²) in [4.78, 5) is 12.4. The van der Waals surface area contributed by atoms with Crippen LogP contribution in [0.5, 0.6) is 0 Å². The van der Waals surface area contributed by atoms with Crippen molar-refractivity contribution in [2.45, 2.75) is 32.6 Å². The predicted molar refractivity (Wildman–Crippen MR) is 77.4 cm³/mol. The van der Waals surface area contributed by atoms with Crippen molar-refractivity contribution in [3.63, 3.8) is 0 Å². The van der Waals surface area contributed by atoms with E-state index in [9.17, 15) is 9.18 Å². The van der Waals surface area contributed by atoms with Crippen LogP contribution in [-0.2, 0) is 4.79 Å². The smallest absolute Gasteiger partial charge is 0.231 e. The molecule has 2 rings (SSSR count). The molecule has 0 heterocycles. The van der Waals surface area contributed by atoms with Crippen LogP contribution in [0.2, 0.25) is 0 Å². The fraction of sp³-hybridized carbons (Fsp3) is 0.500. The van der Waals surface area contributed by atoms with Crippen molar-refractivity contribution in [3.05, 3.63) is 28.0 Å². The molecule has 5 heteroatoms. The van der Waals surface area contributed by atoms with Gasteiger partial charge >= 0.3 is 0 Å². The van der Waals surface area contributed by atoms with Gasteiger partial charge in [0.15, 0.2) is 0 Å². The van der Waals surface area contributed by atoms with Crippen LogP contribution in [0.4, 0.5) is 10.1 Å². The molecule has 1 saturated carbocycles. The Morgan fingerprint density at radius 3 is 2.68 bits per heavy atom. The van der Waals surface area contributed by atoms with Crippen LogP contribution in [0.15, 0.2) is 16.6 Å². The van der Waals surface area contributed by atoms with E-state index in [2.05, 4.69) is 21.2 Å². The van der Waals surface area contributed by atoms with Crippen molar-refractivity contribution in [1.82, 2.24) is 0 Å². The highest BCUT2D eigenvalue weighted by Gasteiger charge is 2.39. The second kappa shape index (κ2) is 5.59. The van der Waals surface area contributed by atoms with Gasteiger partial charge in [0.25, 0.3) is 0 Å². The average molecular weight is 329 g/mol. The number of amides is 1. The number of benzene rings is 1. The summed E-state index contributed by atoms with van der Waals surface area (Å²) in [6, 6.07) is 3.01. The summed E-state index contributed by atoms with van der Waals surface area (Å²) in [5.74, 6) is -0.466. The van der Waals surface area contributed by atoms with Crippen LogP contribution in [-0.4, -0.2) is 12.5 Å². The summed E-state index contributed by atoms with van der Waals surface area (Å²) in [7, 11) is 0. The van der Waals surface area contributed by atoms with Crippen molar-refractivity contribution in [2.24, 2.45) is 11.1 Å². The molecule has 0 atom stereocenters. The van der Waals surface area contributed by atoms with Crippen LogP contribution >= 0.6 is 15.9 Å². The Morgan fingerprint density at radius 1 is 1.47 bits per heavy atom. The number of rotatable bonds is 3. The lowest BCUT2D eigenvalue weighted by atomic mass is 9.85. The molecule has 0 spiro atoms. The zero-order chi connectivity index (χ0) is 14.0. The minimum Gasteiger partial charge on any atom is -0.329 e. The SMILES string of the molecule is Cc1cc(Br)c(F)cc1NC(=O)C1(CN)CCCC1. The predicted octanol–water partition coefficient (Wildman–Crippen LogP) is 3.35. The largest absolute Gasteiger partial charge is 0.329 e. The Kier molecular flexibility index (Phi) is 4.26. The molecule has 1 aromatic rings. The van der Waals surface area contributed by atoms with Crippen molar-refractivity contribution in [1.29, 1.82) is 0 Å². The fourth-order valence-corrected chi connectivity index (χ4v) is 3.07. The number of hydrogen-bond acceptors (Lipinski definition) is 2. The van der Waals surface area contributed by atoms with Gasteiger partial charge in [-0.05, 0) is 53.4 Å². The second-order valence-electron chi connectivity index (χ2n) is 5.23. The molecule has 1 aliphatic rings. The molecule has 0 unspecified atom stereocenters. The maximum absolute atomic E-state index is 13.5. The summed E-state index contributed by atoms with van der Waals surface area (Å²) in [6.45, 7) is 2.18.